The topological polar surface area (TPSA) is 79.8 Å². The molecule has 164 valence electrons. The van der Waals surface area contributed by atoms with E-state index in [2.05, 4.69) is 15.8 Å². The number of aryl methyl sites for hydroxylation is 2. The van der Waals surface area contributed by atoms with Crippen molar-refractivity contribution in [1.29, 1.82) is 0 Å². The van der Waals surface area contributed by atoms with Crippen LogP contribution in [0.1, 0.15) is 29.2 Å². The molecule has 0 fully saturated rings. The van der Waals surface area contributed by atoms with Gasteiger partial charge in [-0.25, -0.2) is 5.43 Å². The van der Waals surface area contributed by atoms with Gasteiger partial charge in [-0.15, -0.1) is 0 Å². The predicted octanol–water partition coefficient (Wildman–Crippen LogP) is 5.01. The average Bonchev–Trinajstić information content (AvgIpc) is 2.79. The van der Waals surface area contributed by atoms with Gasteiger partial charge in [0.05, 0.1) is 5.71 Å². The molecule has 6 nitrogen and oxygen atoms in total. The monoisotopic (exact) mass is 449 g/mol. The van der Waals surface area contributed by atoms with Crippen LogP contribution in [0.4, 0.5) is 5.69 Å². The Balaban J connectivity index is 1.55. The van der Waals surface area contributed by atoms with Crippen molar-refractivity contribution >= 4 is 34.8 Å². The second kappa shape index (κ2) is 10.6. The maximum Gasteiger partial charge on any atom is 0.329 e. The van der Waals surface area contributed by atoms with E-state index in [1.807, 2.05) is 80.6 Å². The number of nitrogens with zero attached hydrogens (tertiary/aromatic N) is 1. The van der Waals surface area contributed by atoms with Crippen LogP contribution in [0.25, 0.3) is 0 Å². The molecule has 0 heterocycles. The fourth-order valence-electron chi connectivity index (χ4n) is 2.97. The molecule has 0 atom stereocenters. The summed E-state index contributed by atoms with van der Waals surface area (Å²) in [7, 11) is 0. The van der Waals surface area contributed by atoms with Crippen LogP contribution >= 0.6 is 11.6 Å². The Hall–Kier alpha value is -3.64. The first kappa shape index (κ1) is 23.0. The first-order valence-electron chi connectivity index (χ1n) is 10.0. The number of carbonyl (C=O) groups is 2. The van der Waals surface area contributed by atoms with Gasteiger partial charge in [-0.05, 0) is 79.4 Å². The van der Waals surface area contributed by atoms with Crippen molar-refractivity contribution in [2.24, 2.45) is 5.10 Å². The molecule has 0 saturated carbocycles. The Morgan fingerprint density at radius 2 is 1.53 bits per heavy atom. The number of nitrogens with one attached hydrogen (secondary N) is 2. The van der Waals surface area contributed by atoms with Gasteiger partial charge in [-0.1, -0.05) is 41.9 Å². The summed E-state index contributed by atoms with van der Waals surface area (Å²) < 4.78 is 5.77. The number of hydrogen-bond donors (Lipinski definition) is 2. The van der Waals surface area contributed by atoms with Gasteiger partial charge in [0.25, 0.3) is 0 Å². The molecule has 0 radical (unpaired) electrons. The summed E-state index contributed by atoms with van der Waals surface area (Å²) in [6.07, 6.45) is 0. The lowest BCUT2D eigenvalue weighted by Gasteiger charge is -2.10. The SMILES string of the molecule is C/C(=N\NC(=O)C(=O)Nc1c(C)cccc1C)c1ccc(OCc2ccc(Cl)cc2)cc1. The number of amides is 2. The highest BCUT2D eigenvalue weighted by Crippen LogP contribution is 2.19. The van der Waals surface area contributed by atoms with E-state index in [1.54, 1.807) is 6.92 Å². The molecule has 3 aromatic rings. The smallest absolute Gasteiger partial charge is 0.329 e. The Labute approximate surface area is 192 Å². The highest BCUT2D eigenvalue weighted by Gasteiger charge is 2.15. The summed E-state index contributed by atoms with van der Waals surface area (Å²) in [6, 6.07) is 20.4. The lowest BCUT2D eigenvalue weighted by molar-refractivity contribution is -0.136. The van der Waals surface area contributed by atoms with Crippen LogP contribution in [-0.4, -0.2) is 17.5 Å². The summed E-state index contributed by atoms with van der Waals surface area (Å²) >= 11 is 5.89. The van der Waals surface area contributed by atoms with Gasteiger partial charge in [0.1, 0.15) is 12.4 Å². The third-order valence-corrected chi connectivity index (χ3v) is 5.09. The van der Waals surface area contributed by atoms with Gasteiger partial charge in [0.2, 0.25) is 0 Å². The molecular weight excluding hydrogens is 426 g/mol. The number of halogens is 1. The van der Waals surface area contributed by atoms with E-state index >= 15 is 0 Å². The number of carbonyl (C=O) groups excluding carboxylic acids is 2. The number of para-hydroxylation sites is 1. The Morgan fingerprint density at radius 3 is 2.16 bits per heavy atom. The van der Waals surface area contributed by atoms with Gasteiger partial charge in [0, 0.05) is 10.7 Å². The van der Waals surface area contributed by atoms with Gasteiger partial charge >= 0.3 is 11.8 Å². The van der Waals surface area contributed by atoms with Crippen LogP contribution in [0.15, 0.2) is 71.8 Å². The summed E-state index contributed by atoms with van der Waals surface area (Å²) in [6.45, 7) is 5.90. The minimum absolute atomic E-state index is 0.426. The van der Waals surface area contributed by atoms with E-state index in [0.717, 1.165) is 22.3 Å². The molecule has 7 heteroatoms. The molecule has 0 unspecified atom stereocenters. The standard InChI is InChI=1S/C25H24ClN3O3/c1-16-5-4-6-17(2)23(16)27-24(30)25(31)29-28-18(3)20-9-13-22(14-10-20)32-15-19-7-11-21(26)12-8-19/h4-14H,15H2,1-3H3,(H,27,30)(H,29,31)/b28-18+. The van der Waals surface area contributed by atoms with E-state index in [1.165, 1.54) is 0 Å². The van der Waals surface area contributed by atoms with Crippen LogP contribution in [-0.2, 0) is 16.2 Å². The third-order valence-electron chi connectivity index (χ3n) is 4.84. The molecule has 3 rings (SSSR count). The van der Waals surface area contributed by atoms with Gasteiger partial charge in [0.15, 0.2) is 0 Å². The quantitative estimate of drug-likeness (QED) is 0.315. The lowest BCUT2D eigenvalue weighted by Crippen LogP contribution is -2.33. The average molecular weight is 450 g/mol. The summed E-state index contributed by atoms with van der Waals surface area (Å²) in [4.78, 5) is 24.3. The normalized spacial score (nSPS) is 11.1. The number of hydrogen-bond acceptors (Lipinski definition) is 4. The van der Waals surface area contributed by atoms with Crippen molar-refractivity contribution < 1.29 is 14.3 Å². The maximum atomic E-state index is 12.2. The lowest BCUT2D eigenvalue weighted by atomic mass is 10.1. The van der Waals surface area contributed by atoms with Crippen molar-refractivity contribution in [1.82, 2.24) is 5.43 Å². The highest BCUT2D eigenvalue weighted by molar-refractivity contribution is 6.39. The van der Waals surface area contributed by atoms with Crippen LogP contribution < -0.4 is 15.5 Å². The molecule has 0 aromatic heterocycles. The Morgan fingerprint density at radius 1 is 0.906 bits per heavy atom. The number of rotatable bonds is 6. The molecule has 0 spiro atoms. The third kappa shape index (κ3) is 6.18. The first-order chi connectivity index (χ1) is 15.3. The zero-order valence-electron chi connectivity index (χ0n) is 18.1. The van der Waals surface area contributed by atoms with Gasteiger partial charge in [-0.2, -0.15) is 5.10 Å². The van der Waals surface area contributed by atoms with Crippen LogP contribution in [0.3, 0.4) is 0 Å². The molecule has 2 N–H and O–H groups in total. The fraction of sp³-hybridized carbons (Fsp3) is 0.160. The zero-order chi connectivity index (χ0) is 23.1. The Kier molecular flexibility index (Phi) is 7.63. The number of anilines is 1. The molecule has 0 aliphatic rings. The van der Waals surface area contributed by atoms with E-state index < -0.39 is 11.8 Å². The maximum absolute atomic E-state index is 12.2. The van der Waals surface area contributed by atoms with Crippen LogP contribution in [0.5, 0.6) is 5.75 Å². The minimum atomic E-state index is -0.838. The molecule has 0 bridgehead atoms. The van der Waals surface area contributed by atoms with Crippen LogP contribution in [0.2, 0.25) is 5.02 Å². The molecule has 0 aliphatic heterocycles. The zero-order valence-corrected chi connectivity index (χ0v) is 18.9. The molecular formula is C25H24ClN3O3. The number of ether oxygens (including phenoxy) is 1. The molecule has 0 aliphatic carbocycles. The first-order valence-corrected chi connectivity index (χ1v) is 10.4. The summed E-state index contributed by atoms with van der Waals surface area (Å²) in [5.41, 5.74) is 7.05. The van der Waals surface area contributed by atoms with Gasteiger partial charge < -0.3 is 10.1 Å². The van der Waals surface area contributed by atoms with E-state index in [-0.39, 0.29) is 0 Å². The van der Waals surface area contributed by atoms with Crippen molar-refractivity contribution in [3.8, 4) is 5.75 Å². The number of benzene rings is 3. The largest absolute Gasteiger partial charge is 0.489 e. The van der Waals surface area contributed by atoms with Gasteiger partial charge in [-0.3, -0.25) is 9.59 Å². The summed E-state index contributed by atoms with van der Waals surface area (Å²) in [5.74, 6) is -0.909. The molecule has 3 aromatic carbocycles. The fourth-order valence-corrected chi connectivity index (χ4v) is 3.10. The highest BCUT2D eigenvalue weighted by atomic mass is 35.5. The number of hydrazone groups is 1. The van der Waals surface area contributed by atoms with Crippen molar-refractivity contribution in [2.45, 2.75) is 27.4 Å². The summed E-state index contributed by atoms with van der Waals surface area (Å²) in [5, 5.41) is 7.36. The van der Waals surface area contributed by atoms with E-state index in [0.29, 0.717) is 28.8 Å². The second-order valence-corrected chi connectivity index (χ2v) is 7.74. The predicted molar refractivity (Wildman–Crippen MR) is 127 cm³/mol. The minimum Gasteiger partial charge on any atom is -0.489 e. The molecule has 32 heavy (non-hydrogen) atoms. The molecule has 2 amide bonds. The van der Waals surface area contributed by atoms with E-state index in [9.17, 15) is 9.59 Å². The molecule has 0 saturated heterocycles. The second-order valence-electron chi connectivity index (χ2n) is 7.30. The van der Waals surface area contributed by atoms with E-state index in [4.69, 9.17) is 16.3 Å². The van der Waals surface area contributed by atoms with Crippen molar-refractivity contribution in [3.63, 3.8) is 0 Å². The van der Waals surface area contributed by atoms with Crippen molar-refractivity contribution in [2.75, 3.05) is 5.32 Å². The van der Waals surface area contributed by atoms with Crippen LogP contribution in [0, 0.1) is 13.8 Å². The van der Waals surface area contributed by atoms with Crippen molar-refractivity contribution in [3.05, 3.63) is 94.0 Å². The Bertz CT molecular complexity index is 1120.